The number of likely N-dealkylation sites (tertiary alicyclic amines) is 1. The zero-order valence-electron chi connectivity index (χ0n) is 15.2. The average Bonchev–Trinajstić information content (AvgIpc) is 2.48. The van der Waals surface area contributed by atoms with Crippen molar-refractivity contribution in [2.75, 3.05) is 19.8 Å². The van der Waals surface area contributed by atoms with E-state index in [2.05, 4.69) is 26.6 Å². The number of hydrogen-bond donors (Lipinski definition) is 0. The van der Waals surface area contributed by atoms with Crippen LogP contribution in [-0.2, 0) is 4.74 Å². The Hall–Kier alpha value is -0.0151. The Bertz CT molecular complexity index is 355. The predicted molar refractivity (Wildman–Crippen MR) is 96.2 cm³/mol. The first-order chi connectivity index (χ1) is 10.6. The summed E-state index contributed by atoms with van der Waals surface area (Å²) >= 11 is 0. The summed E-state index contributed by atoms with van der Waals surface area (Å²) in [5, 5.41) is 0. The Morgan fingerprint density at radius 2 is 1.68 bits per heavy atom. The van der Waals surface area contributed by atoms with Gasteiger partial charge in [-0.2, -0.15) is 0 Å². The van der Waals surface area contributed by atoms with Crippen molar-refractivity contribution in [1.29, 1.82) is 0 Å². The van der Waals surface area contributed by atoms with Gasteiger partial charge in [-0.05, 0) is 45.1 Å². The van der Waals surface area contributed by atoms with E-state index < -0.39 is 0 Å². The zero-order valence-corrected chi connectivity index (χ0v) is 15.2. The molecule has 3 rings (SSSR count). The van der Waals surface area contributed by atoms with E-state index in [9.17, 15) is 0 Å². The molecular formula is C19H36BNO. The fourth-order valence-corrected chi connectivity index (χ4v) is 5.60. The molecule has 22 heavy (non-hydrogen) atoms. The molecule has 3 atom stereocenters. The van der Waals surface area contributed by atoms with Crippen LogP contribution in [0.3, 0.4) is 0 Å². The number of piperidine rings is 1. The van der Waals surface area contributed by atoms with Gasteiger partial charge >= 0.3 is 0 Å². The van der Waals surface area contributed by atoms with Gasteiger partial charge in [0.25, 0.3) is 0 Å². The van der Waals surface area contributed by atoms with Crippen LogP contribution >= 0.6 is 0 Å². The number of ether oxygens (including phenoxy) is 1. The first-order valence-electron chi connectivity index (χ1n) is 9.98. The Labute approximate surface area is 138 Å². The van der Waals surface area contributed by atoms with Gasteiger partial charge in [0.1, 0.15) is 7.85 Å². The highest BCUT2D eigenvalue weighted by Gasteiger charge is 2.54. The van der Waals surface area contributed by atoms with Crippen LogP contribution in [0.5, 0.6) is 0 Å². The van der Waals surface area contributed by atoms with Crippen molar-refractivity contribution in [3.63, 3.8) is 0 Å². The lowest BCUT2D eigenvalue weighted by atomic mass is 9.65. The molecule has 0 aromatic rings. The van der Waals surface area contributed by atoms with Gasteiger partial charge in [-0.1, -0.05) is 50.8 Å². The highest BCUT2D eigenvalue weighted by atomic mass is 16.5. The van der Waals surface area contributed by atoms with Crippen LogP contribution in [0, 0.1) is 11.8 Å². The van der Waals surface area contributed by atoms with Gasteiger partial charge in [-0.3, -0.25) is 4.90 Å². The van der Waals surface area contributed by atoms with Gasteiger partial charge in [-0.25, -0.2) is 0 Å². The SMILES string of the molecule is BC1CCCCCC2C(CCC1)CCN(C(C)C)C21COC1. The zero-order chi connectivity index (χ0) is 15.6. The summed E-state index contributed by atoms with van der Waals surface area (Å²) in [6.07, 6.45) is 13.1. The van der Waals surface area contributed by atoms with Crippen molar-refractivity contribution >= 4 is 7.85 Å². The van der Waals surface area contributed by atoms with E-state index in [4.69, 9.17) is 4.74 Å². The molecule has 3 unspecified atom stereocenters. The fraction of sp³-hybridized carbons (Fsp3) is 1.00. The van der Waals surface area contributed by atoms with Gasteiger partial charge in [0.2, 0.25) is 0 Å². The molecule has 2 heterocycles. The summed E-state index contributed by atoms with van der Waals surface area (Å²) in [5.41, 5.74) is 0.400. The number of hydrogen-bond acceptors (Lipinski definition) is 2. The predicted octanol–water partition coefficient (Wildman–Crippen LogP) is 3.66. The van der Waals surface area contributed by atoms with Gasteiger partial charge < -0.3 is 4.74 Å². The highest BCUT2D eigenvalue weighted by Crippen LogP contribution is 2.47. The quantitative estimate of drug-likeness (QED) is 0.686. The van der Waals surface area contributed by atoms with Crippen LogP contribution in [0.25, 0.3) is 0 Å². The fourth-order valence-electron chi connectivity index (χ4n) is 5.60. The van der Waals surface area contributed by atoms with E-state index in [1.54, 1.807) is 0 Å². The molecule has 3 heteroatoms. The Morgan fingerprint density at radius 3 is 2.36 bits per heavy atom. The molecule has 1 spiro atoms. The summed E-state index contributed by atoms with van der Waals surface area (Å²) in [6.45, 7) is 8.07. The van der Waals surface area contributed by atoms with Crippen LogP contribution in [0.4, 0.5) is 0 Å². The topological polar surface area (TPSA) is 12.5 Å². The second-order valence-electron chi connectivity index (χ2n) is 8.71. The summed E-state index contributed by atoms with van der Waals surface area (Å²) in [7, 11) is 2.47. The third kappa shape index (κ3) is 3.26. The molecule has 0 bridgehead atoms. The van der Waals surface area contributed by atoms with Gasteiger partial charge in [0.05, 0.1) is 18.8 Å². The van der Waals surface area contributed by atoms with E-state index in [-0.39, 0.29) is 0 Å². The van der Waals surface area contributed by atoms with E-state index >= 15 is 0 Å². The van der Waals surface area contributed by atoms with Crippen LogP contribution in [0.2, 0.25) is 5.82 Å². The molecular weight excluding hydrogens is 269 g/mol. The van der Waals surface area contributed by atoms with Crippen molar-refractivity contribution < 1.29 is 4.74 Å². The molecule has 3 fully saturated rings. The van der Waals surface area contributed by atoms with Crippen molar-refractivity contribution in [2.45, 2.75) is 89.0 Å². The maximum atomic E-state index is 5.77. The summed E-state index contributed by atoms with van der Waals surface area (Å²) in [5.74, 6) is 2.81. The Balaban J connectivity index is 1.75. The lowest BCUT2D eigenvalue weighted by molar-refractivity contribution is -0.208. The third-order valence-corrected chi connectivity index (χ3v) is 6.88. The van der Waals surface area contributed by atoms with Crippen molar-refractivity contribution in [3.8, 4) is 0 Å². The number of nitrogens with zero attached hydrogens (tertiary/aromatic N) is 1. The molecule has 1 saturated carbocycles. The molecule has 3 aliphatic rings. The maximum absolute atomic E-state index is 5.77. The molecule has 0 aromatic carbocycles. The summed E-state index contributed by atoms with van der Waals surface area (Å²) in [6, 6.07) is 0.669. The standard InChI is InChI=1S/C19H36BNO/c1-15(2)21-12-11-16-7-6-9-17(20)8-4-3-5-10-18(16)19(21)13-22-14-19/h15-18H,3-14,20H2,1-2H3. The minimum absolute atomic E-state index is 0.400. The first-order valence-corrected chi connectivity index (χ1v) is 9.98. The average molecular weight is 305 g/mol. The first kappa shape index (κ1) is 16.8. The molecule has 0 amide bonds. The summed E-state index contributed by atoms with van der Waals surface area (Å²) < 4.78 is 5.77. The lowest BCUT2D eigenvalue weighted by Gasteiger charge is -2.61. The normalized spacial score (nSPS) is 37.3. The monoisotopic (exact) mass is 305 g/mol. The van der Waals surface area contributed by atoms with Crippen molar-refractivity contribution in [1.82, 2.24) is 4.90 Å². The van der Waals surface area contributed by atoms with E-state index in [1.165, 1.54) is 64.3 Å². The van der Waals surface area contributed by atoms with Crippen LogP contribution < -0.4 is 0 Å². The Kier molecular flexibility index (Phi) is 5.55. The van der Waals surface area contributed by atoms with Crippen LogP contribution in [-0.4, -0.2) is 44.1 Å². The maximum Gasteiger partial charge on any atom is 0.105 e. The molecule has 0 N–H and O–H groups in total. The molecule has 0 radical (unpaired) electrons. The molecule has 0 aromatic heterocycles. The third-order valence-electron chi connectivity index (χ3n) is 6.88. The van der Waals surface area contributed by atoms with Gasteiger partial charge in [0.15, 0.2) is 0 Å². The number of fused-ring (bicyclic) bond motifs is 2. The lowest BCUT2D eigenvalue weighted by Crippen LogP contribution is -2.71. The van der Waals surface area contributed by atoms with E-state index in [1.807, 2.05) is 0 Å². The molecule has 2 nitrogen and oxygen atoms in total. The van der Waals surface area contributed by atoms with Crippen LogP contribution in [0.15, 0.2) is 0 Å². The largest absolute Gasteiger partial charge is 0.377 e. The van der Waals surface area contributed by atoms with Crippen LogP contribution in [0.1, 0.15) is 71.6 Å². The van der Waals surface area contributed by atoms with Crippen molar-refractivity contribution in [3.05, 3.63) is 0 Å². The second-order valence-corrected chi connectivity index (χ2v) is 8.71. The molecule has 1 aliphatic carbocycles. The van der Waals surface area contributed by atoms with Crippen molar-refractivity contribution in [2.24, 2.45) is 11.8 Å². The smallest absolute Gasteiger partial charge is 0.105 e. The summed E-state index contributed by atoms with van der Waals surface area (Å²) in [4.78, 5) is 2.81. The minimum Gasteiger partial charge on any atom is -0.377 e. The molecule has 126 valence electrons. The molecule has 2 aliphatic heterocycles. The van der Waals surface area contributed by atoms with Gasteiger partial charge in [0, 0.05) is 6.04 Å². The second kappa shape index (κ2) is 7.26. The molecule has 2 saturated heterocycles. The minimum atomic E-state index is 0.400. The van der Waals surface area contributed by atoms with E-state index in [0.29, 0.717) is 11.6 Å². The Morgan fingerprint density at radius 1 is 0.955 bits per heavy atom. The highest BCUT2D eigenvalue weighted by molar-refractivity contribution is 6.11. The number of rotatable bonds is 1. The van der Waals surface area contributed by atoms with E-state index in [0.717, 1.165) is 30.9 Å². The van der Waals surface area contributed by atoms with Gasteiger partial charge in [-0.15, -0.1) is 0 Å².